The summed E-state index contributed by atoms with van der Waals surface area (Å²) >= 11 is 0. The second-order valence-electron chi connectivity index (χ2n) is 2.55. The average molecular weight is 177 g/mol. The van der Waals surface area contributed by atoms with Gasteiger partial charge in [0.15, 0.2) is 0 Å². The highest BCUT2D eigenvalue weighted by Gasteiger charge is 2.11. The summed E-state index contributed by atoms with van der Waals surface area (Å²) in [5.74, 6) is -2.99. The smallest absolute Gasteiger partial charge is 0.270 e. The van der Waals surface area contributed by atoms with E-state index < -0.39 is 11.8 Å². The predicted molar refractivity (Wildman–Crippen MR) is 43.4 cm³/mol. The van der Waals surface area contributed by atoms with Crippen molar-refractivity contribution in [2.75, 3.05) is 0 Å². The van der Waals surface area contributed by atoms with Gasteiger partial charge in [0.2, 0.25) is 5.85 Å². The van der Waals surface area contributed by atoms with Crippen LogP contribution >= 0.6 is 0 Å². The van der Waals surface area contributed by atoms with E-state index in [9.17, 15) is 0 Å². The van der Waals surface area contributed by atoms with Crippen LogP contribution in [0.25, 0.3) is 0 Å². The molecule has 0 amide bonds. The molecule has 0 radical (unpaired) electrons. The van der Waals surface area contributed by atoms with Crippen molar-refractivity contribution in [3.63, 3.8) is 0 Å². The van der Waals surface area contributed by atoms with Gasteiger partial charge in [0.05, 0.1) is 0 Å². The van der Waals surface area contributed by atoms with Crippen LogP contribution in [-0.4, -0.2) is 11.8 Å². The van der Waals surface area contributed by atoms with Crippen LogP contribution in [0.3, 0.4) is 0 Å². The highest BCUT2D eigenvalue weighted by Crippen LogP contribution is 1.93. The summed E-state index contributed by atoms with van der Waals surface area (Å²) < 4.78 is 9.25. The first-order valence-corrected chi connectivity index (χ1v) is 3.16. The summed E-state index contributed by atoms with van der Waals surface area (Å²) in [6.07, 6.45) is 2.15. The standard InChI is InChI=1S/C5H15N5O2/c1-4(6,7)11-2-3-12-5(8,9)10/h2-3H,6-10H2,1H3. The van der Waals surface area contributed by atoms with E-state index in [2.05, 4.69) is 4.74 Å². The zero-order valence-electron chi connectivity index (χ0n) is 6.86. The van der Waals surface area contributed by atoms with Crippen LogP contribution in [0.2, 0.25) is 0 Å². The molecule has 0 aliphatic heterocycles. The molecule has 0 saturated carbocycles. The largest absolute Gasteiger partial charge is 0.465 e. The molecule has 0 heterocycles. The topological polar surface area (TPSA) is 149 Å². The van der Waals surface area contributed by atoms with E-state index in [1.165, 1.54) is 6.92 Å². The highest BCUT2D eigenvalue weighted by atomic mass is 16.6. The van der Waals surface area contributed by atoms with E-state index in [1.54, 1.807) is 0 Å². The molecule has 0 aliphatic rings. The Morgan fingerprint density at radius 3 is 1.67 bits per heavy atom. The number of hydrogen-bond donors (Lipinski definition) is 5. The van der Waals surface area contributed by atoms with Crippen molar-refractivity contribution in [2.24, 2.45) is 28.7 Å². The Kier molecular flexibility index (Phi) is 3.43. The summed E-state index contributed by atoms with van der Waals surface area (Å²) in [6, 6.07) is 0. The Morgan fingerprint density at radius 2 is 1.33 bits per heavy atom. The third-order valence-corrected chi connectivity index (χ3v) is 0.650. The molecule has 0 aliphatic carbocycles. The molecule has 12 heavy (non-hydrogen) atoms. The lowest BCUT2D eigenvalue weighted by molar-refractivity contribution is 0.0146. The highest BCUT2D eigenvalue weighted by molar-refractivity contribution is 4.69. The quantitative estimate of drug-likeness (QED) is 0.237. The van der Waals surface area contributed by atoms with Crippen molar-refractivity contribution in [3.8, 4) is 0 Å². The van der Waals surface area contributed by atoms with Gasteiger partial charge in [0.1, 0.15) is 12.5 Å². The molecule has 0 saturated heterocycles. The molecule has 10 N–H and O–H groups in total. The van der Waals surface area contributed by atoms with Crippen molar-refractivity contribution in [1.29, 1.82) is 0 Å². The molecule has 0 bridgehead atoms. The minimum Gasteiger partial charge on any atom is -0.465 e. The second-order valence-corrected chi connectivity index (χ2v) is 2.55. The van der Waals surface area contributed by atoms with Crippen molar-refractivity contribution in [3.05, 3.63) is 12.5 Å². The first-order valence-electron chi connectivity index (χ1n) is 3.16. The number of nitrogens with two attached hydrogens (primary N) is 5. The van der Waals surface area contributed by atoms with E-state index >= 15 is 0 Å². The normalized spacial score (nSPS) is 13.5. The van der Waals surface area contributed by atoms with Gasteiger partial charge in [0, 0.05) is 6.92 Å². The number of hydrogen-bond acceptors (Lipinski definition) is 7. The fourth-order valence-electron chi connectivity index (χ4n) is 0.320. The molecule has 0 fully saturated rings. The van der Waals surface area contributed by atoms with Crippen LogP contribution in [0.5, 0.6) is 0 Å². The van der Waals surface area contributed by atoms with Crippen LogP contribution in [0, 0.1) is 0 Å². The fourth-order valence-corrected chi connectivity index (χ4v) is 0.320. The summed E-state index contributed by atoms with van der Waals surface area (Å²) in [7, 11) is 0. The van der Waals surface area contributed by atoms with Gasteiger partial charge >= 0.3 is 0 Å². The average Bonchev–Trinajstić information content (AvgIpc) is 1.76. The lowest BCUT2D eigenvalue weighted by Crippen LogP contribution is -2.59. The van der Waals surface area contributed by atoms with E-state index in [0.717, 1.165) is 12.5 Å². The van der Waals surface area contributed by atoms with Gasteiger partial charge in [-0.15, -0.1) is 0 Å². The Balaban J connectivity index is 3.66. The molecule has 7 heteroatoms. The second kappa shape index (κ2) is 3.70. The summed E-state index contributed by atoms with van der Waals surface area (Å²) in [5.41, 5.74) is 25.6. The lowest BCUT2D eigenvalue weighted by Gasteiger charge is -2.19. The van der Waals surface area contributed by atoms with E-state index in [0.29, 0.717) is 0 Å². The molecule has 0 atom stereocenters. The van der Waals surface area contributed by atoms with Crippen molar-refractivity contribution in [1.82, 2.24) is 0 Å². The van der Waals surface area contributed by atoms with Gasteiger partial charge in [-0.25, -0.2) is 0 Å². The van der Waals surface area contributed by atoms with Crippen molar-refractivity contribution < 1.29 is 9.47 Å². The third kappa shape index (κ3) is 9.14. The third-order valence-electron chi connectivity index (χ3n) is 0.650. The van der Waals surface area contributed by atoms with Crippen LogP contribution in [0.4, 0.5) is 0 Å². The van der Waals surface area contributed by atoms with E-state index in [-0.39, 0.29) is 0 Å². The van der Waals surface area contributed by atoms with Gasteiger partial charge in [0.25, 0.3) is 5.97 Å². The Morgan fingerprint density at radius 1 is 0.917 bits per heavy atom. The monoisotopic (exact) mass is 177 g/mol. The van der Waals surface area contributed by atoms with Crippen LogP contribution < -0.4 is 28.7 Å². The summed E-state index contributed by atoms with van der Waals surface area (Å²) in [6.45, 7) is 1.46. The van der Waals surface area contributed by atoms with Gasteiger partial charge in [-0.05, 0) is 0 Å². The molecule has 0 spiro atoms. The van der Waals surface area contributed by atoms with E-state index in [4.69, 9.17) is 33.4 Å². The van der Waals surface area contributed by atoms with Crippen LogP contribution in [-0.2, 0) is 9.47 Å². The van der Waals surface area contributed by atoms with E-state index in [1.807, 2.05) is 0 Å². The molecule has 72 valence electrons. The SMILES string of the molecule is CC(N)(N)OC=COC(N)(N)N. The van der Waals surface area contributed by atoms with Crippen LogP contribution in [0.15, 0.2) is 12.5 Å². The molecule has 0 aromatic rings. The minimum atomic E-state index is -1.72. The molecule has 0 aromatic heterocycles. The maximum Gasteiger partial charge on any atom is 0.270 e. The molecular weight excluding hydrogens is 162 g/mol. The van der Waals surface area contributed by atoms with Gasteiger partial charge in [-0.1, -0.05) is 0 Å². The fraction of sp³-hybridized carbons (Fsp3) is 0.600. The molecule has 0 rings (SSSR count). The minimum absolute atomic E-state index is 1.05. The maximum absolute atomic E-state index is 5.24. The van der Waals surface area contributed by atoms with Crippen molar-refractivity contribution in [2.45, 2.75) is 18.7 Å². The zero-order chi connectivity index (χ0) is 9.83. The first kappa shape index (κ1) is 11.1. The van der Waals surface area contributed by atoms with Gasteiger partial charge in [-0.3, -0.25) is 28.7 Å². The maximum atomic E-state index is 5.24. The molecular formula is C5H15N5O2. The molecule has 0 unspecified atom stereocenters. The Hall–Kier alpha value is -0.860. The van der Waals surface area contributed by atoms with Crippen LogP contribution in [0.1, 0.15) is 6.92 Å². The molecule has 7 nitrogen and oxygen atoms in total. The lowest BCUT2D eigenvalue weighted by atomic mass is 10.5. The summed E-state index contributed by atoms with van der Waals surface area (Å²) in [4.78, 5) is 0. The number of ether oxygens (including phenoxy) is 2. The van der Waals surface area contributed by atoms with Crippen molar-refractivity contribution >= 4 is 0 Å². The molecule has 0 aromatic carbocycles. The Labute approximate surface area is 70.4 Å². The van der Waals surface area contributed by atoms with Gasteiger partial charge < -0.3 is 9.47 Å². The first-order chi connectivity index (χ1) is 5.21. The predicted octanol–water partition coefficient (Wildman–Crippen LogP) is -2.43. The summed E-state index contributed by atoms with van der Waals surface area (Å²) in [5, 5.41) is 0. The Bertz CT molecular complexity index is 138. The van der Waals surface area contributed by atoms with Gasteiger partial charge in [-0.2, -0.15) is 0 Å². The zero-order valence-corrected chi connectivity index (χ0v) is 6.86. The number of rotatable bonds is 4.